The highest BCUT2D eigenvalue weighted by Gasteiger charge is 2.29. The predicted molar refractivity (Wildman–Crippen MR) is 106 cm³/mol. The highest BCUT2D eigenvalue weighted by molar-refractivity contribution is 7.14. The van der Waals surface area contributed by atoms with Gasteiger partial charge in [-0.2, -0.15) is 0 Å². The molecule has 2 amide bonds. The van der Waals surface area contributed by atoms with E-state index in [4.69, 9.17) is 4.74 Å². The Kier molecular flexibility index (Phi) is 5.27. The fourth-order valence-corrected chi connectivity index (χ4v) is 4.83. The van der Waals surface area contributed by atoms with Crippen LogP contribution >= 0.6 is 11.3 Å². The van der Waals surface area contributed by atoms with Crippen LogP contribution in [-0.4, -0.2) is 43.0 Å². The fourth-order valence-electron chi connectivity index (χ4n) is 3.66. The number of thiophene rings is 1. The lowest BCUT2D eigenvalue weighted by Crippen LogP contribution is -2.40. The lowest BCUT2D eigenvalue weighted by molar-refractivity contribution is -0.120. The van der Waals surface area contributed by atoms with Gasteiger partial charge in [-0.25, -0.2) is 0 Å². The molecule has 0 radical (unpaired) electrons. The number of hydrogen-bond donors (Lipinski definition) is 1. The Morgan fingerprint density at radius 3 is 2.67 bits per heavy atom. The molecule has 1 aliphatic carbocycles. The van der Waals surface area contributed by atoms with Crippen LogP contribution in [0.25, 0.3) is 0 Å². The van der Waals surface area contributed by atoms with Crippen molar-refractivity contribution in [2.45, 2.75) is 26.2 Å². The number of amides is 2. The minimum Gasteiger partial charge on any atom is -0.378 e. The molecule has 0 spiro atoms. The van der Waals surface area contributed by atoms with Crippen LogP contribution < -0.4 is 5.32 Å². The van der Waals surface area contributed by atoms with E-state index in [1.807, 2.05) is 42.2 Å². The van der Waals surface area contributed by atoms with E-state index in [9.17, 15) is 9.59 Å². The average Bonchev–Trinajstić information content (AvgIpc) is 3.13. The number of nitrogens with zero attached hydrogens (tertiary/aromatic N) is 1. The second kappa shape index (κ2) is 7.82. The number of nitrogens with one attached hydrogen (secondary N) is 1. The molecule has 1 aliphatic heterocycles. The first kappa shape index (κ1) is 18.2. The molecule has 0 saturated carbocycles. The molecule has 0 unspecified atom stereocenters. The molecule has 1 aromatic heterocycles. The fraction of sp³-hybridized carbons (Fsp3) is 0.429. The normalized spacial score (nSPS) is 19.4. The van der Waals surface area contributed by atoms with Gasteiger partial charge in [0, 0.05) is 29.6 Å². The van der Waals surface area contributed by atoms with Crippen LogP contribution in [0.4, 0.5) is 5.69 Å². The maximum atomic E-state index is 12.7. The predicted octanol–water partition coefficient (Wildman–Crippen LogP) is 3.27. The van der Waals surface area contributed by atoms with Gasteiger partial charge in [0.1, 0.15) is 0 Å². The zero-order chi connectivity index (χ0) is 18.8. The minimum absolute atomic E-state index is 0.0419. The quantitative estimate of drug-likeness (QED) is 0.884. The van der Waals surface area contributed by atoms with Crippen LogP contribution in [-0.2, 0) is 22.4 Å². The number of benzene rings is 1. The molecule has 1 atom stereocenters. The maximum Gasteiger partial charge on any atom is 0.264 e. The van der Waals surface area contributed by atoms with Crippen molar-refractivity contribution >= 4 is 28.8 Å². The first-order valence-electron chi connectivity index (χ1n) is 9.46. The molecule has 0 bridgehead atoms. The van der Waals surface area contributed by atoms with Crippen LogP contribution in [0.3, 0.4) is 0 Å². The van der Waals surface area contributed by atoms with Crippen molar-refractivity contribution in [3.05, 3.63) is 51.2 Å². The Hall–Kier alpha value is -2.18. The summed E-state index contributed by atoms with van der Waals surface area (Å²) >= 11 is 1.59. The van der Waals surface area contributed by atoms with Gasteiger partial charge in [0.15, 0.2) is 0 Å². The van der Waals surface area contributed by atoms with Gasteiger partial charge in [0.2, 0.25) is 5.91 Å². The Morgan fingerprint density at radius 2 is 1.93 bits per heavy atom. The van der Waals surface area contributed by atoms with Crippen molar-refractivity contribution in [3.8, 4) is 0 Å². The summed E-state index contributed by atoms with van der Waals surface area (Å²) in [7, 11) is 0. The highest BCUT2D eigenvalue weighted by Crippen LogP contribution is 2.33. The van der Waals surface area contributed by atoms with Crippen LogP contribution in [0.1, 0.15) is 32.1 Å². The third-order valence-corrected chi connectivity index (χ3v) is 6.51. The molecule has 4 rings (SSSR count). The number of hydrogen-bond acceptors (Lipinski definition) is 4. The number of anilines is 1. The van der Waals surface area contributed by atoms with Crippen LogP contribution in [0, 0.1) is 12.8 Å². The first-order valence-corrected chi connectivity index (χ1v) is 10.3. The van der Waals surface area contributed by atoms with E-state index in [0.29, 0.717) is 32.7 Å². The number of morpholine rings is 1. The van der Waals surface area contributed by atoms with E-state index < -0.39 is 0 Å². The second-order valence-electron chi connectivity index (χ2n) is 7.26. The van der Waals surface area contributed by atoms with Crippen molar-refractivity contribution in [1.29, 1.82) is 0 Å². The molecular formula is C21H24N2O3S. The van der Waals surface area contributed by atoms with E-state index in [1.165, 1.54) is 10.4 Å². The van der Waals surface area contributed by atoms with E-state index >= 15 is 0 Å². The summed E-state index contributed by atoms with van der Waals surface area (Å²) in [5.41, 5.74) is 3.17. The summed E-state index contributed by atoms with van der Waals surface area (Å²) in [5, 5.41) is 3.03. The third kappa shape index (κ3) is 4.06. The molecule has 1 aromatic carbocycles. The van der Waals surface area contributed by atoms with Crippen molar-refractivity contribution in [1.82, 2.24) is 4.90 Å². The molecule has 27 heavy (non-hydrogen) atoms. The average molecular weight is 385 g/mol. The number of carbonyl (C=O) groups is 2. The first-order chi connectivity index (χ1) is 13.1. The highest BCUT2D eigenvalue weighted by atomic mass is 32.1. The summed E-state index contributed by atoms with van der Waals surface area (Å²) < 4.78 is 5.33. The van der Waals surface area contributed by atoms with Crippen molar-refractivity contribution in [2.24, 2.45) is 5.92 Å². The third-order valence-electron chi connectivity index (χ3n) is 5.28. The van der Waals surface area contributed by atoms with E-state index in [2.05, 4.69) is 5.32 Å². The standard InChI is InChI=1S/C21H24N2O3S/c1-14-2-5-17(6-3-14)22-20(24)15-4-7-18-16(12-15)13-19(27-18)21(25)23-8-10-26-11-9-23/h2-3,5-6,13,15H,4,7-12H2,1H3,(H,22,24)/t15-/m1/s1. The van der Waals surface area contributed by atoms with Gasteiger partial charge in [-0.1, -0.05) is 17.7 Å². The maximum absolute atomic E-state index is 12.7. The number of rotatable bonds is 3. The molecule has 1 N–H and O–H groups in total. The number of ether oxygens (including phenoxy) is 1. The molecule has 2 aliphatic rings. The number of fused-ring (bicyclic) bond motifs is 1. The molecular weight excluding hydrogens is 360 g/mol. The van der Waals surface area contributed by atoms with Gasteiger partial charge >= 0.3 is 0 Å². The van der Waals surface area contributed by atoms with Crippen LogP contribution in [0.15, 0.2) is 30.3 Å². The summed E-state index contributed by atoms with van der Waals surface area (Å²) in [6.07, 6.45) is 2.40. The Balaban J connectivity index is 1.42. The molecule has 1 saturated heterocycles. The monoisotopic (exact) mass is 384 g/mol. The van der Waals surface area contributed by atoms with Crippen LogP contribution in [0.5, 0.6) is 0 Å². The van der Waals surface area contributed by atoms with Gasteiger partial charge in [-0.05, 0) is 49.9 Å². The Bertz CT molecular complexity index is 838. The molecule has 6 heteroatoms. The summed E-state index contributed by atoms with van der Waals surface area (Å²) in [4.78, 5) is 29.3. The Labute approximate surface area is 163 Å². The van der Waals surface area contributed by atoms with Gasteiger partial charge in [-0.15, -0.1) is 11.3 Å². The van der Waals surface area contributed by atoms with Gasteiger partial charge in [0.05, 0.1) is 18.1 Å². The van der Waals surface area contributed by atoms with Crippen molar-refractivity contribution in [3.63, 3.8) is 0 Å². The summed E-state index contributed by atoms with van der Waals surface area (Å²) in [6, 6.07) is 9.87. The Morgan fingerprint density at radius 1 is 1.19 bits per heavy atom. The molecule has 2 heterocycles. The van der Waals surface area contributed by atoms with Crippen molar-refractivity contribution in [2.75, 3.05) is 31.6 Å². The molecule has 2 aromatic rings. The molecule has 5 nitrogen and oxygen atoms in total. The lowest BCUT2D eigenvalue weighted by Gasteiger charge is -2.26. The summed E-state index contributed by atoms with van der Waals surface area (Å²) in [6.45, 7) is 4.56. The van der Waals surface area contributed by atoms with Gasteiger partial charge in [0.25, 0.3) is 5.91 Å². The summed E-state index contributed by atoms with van der Waals surface area (Å²) in [5.74, 6) is 0.120. The molecule has 1 fully saturated rings. The smallest absolute Gasteiger partial charge is 0.264 e. The largest absolute Gasteiger partial charge is 0.378 e. The number of aryl methyl sites for hydroxylation is 2. The minimum atomic E-state index is -0.0419. The van der Waals surface area contributed by atoms with Gasteiger partial charge < -0.3 is 15.0 Å². The van der Waals surface area contributed by atoms with E-state index in [1.54, 1.807) is 11.3 Å². The number of carbonyl (C=O) groups excluding carboxylic acids is 2. The van der Waals surface area contributed by atoms with E-state index in [0.717, 1.165) is 29.0 Å². The molecule has 142 valence electrons. The van der Waals surface area contributed by atoms with E-state index in [-0.39, 0.29) is 17.7 Å². The van der Waals surface area contributed by atoms with Crippen molar-refractivity contribution < 1.29 is 14.3 Å². The lowest BCUT2D eigenvalue weighted by atomic mass is 9.87. The second-order valence-corrected chi connectivity index (χ2v) is 8.40. The zero-order valence-corrected chi connectivity index (χ0v) is 16.3. The topological polar surface area (TPSA) is 58.6 Å². The zero-order valence-electron chi connectivity index (χ0n) is 15.5. The van der Waals surface area contributed by atoms with Crippen LogP contribution in [0.2, 0.25) is 0 Å². The SMILES string of the molecule is Cc1ccc(NC(=O)[C@@H]2CCc3sc(C(=O)N4CCOCC4)cc3C2)cc1. The van der Waals surface area contributed by atoms with Gasteiger partial charge in [-0.3, -0.25) is 9.59 Å².